The van der Waals surface area contributed by atoms with Crippen molar-refractivity contribution in [2.75, 3.05) is 25.5 Å². The van der Waals surface area contributed by atoms with Gasteiger partial charge in [0.25, 0.3) is 0 Å². The van der Waals surface area contributed by atoms with Gasteiger partial charge in [0.05, 0.1) is 11.4 Å². The number of hydrogen-bond donors (Lipinski definition) is 1. The highest BCUT2D eigenvalue weighted by Gasteiger charge is 2.23. The minimum Gasteiger partial charge on any atom is -0.379 e. The maximum absolute atomic E-state index is 4.49. The van der Waals surface area contributed by atoms with Crippen molar-refractivity contribution < 1.29 is 0 Å². The van der Waals surface area contributed by atoms with Crippen LogP contribution in [0.5, 0.6) is 0 Å². The smallest absolute Gasteiger partial charge is 0.0853 e. The van der Waals surface area contributed by atoms with Gasteiger partial charge >= 0.3 is 0 Å². The number of rotatable bonds is 4. The van der Waals surface area contributed by atoms with E-state index in [1.165, 1.54) is 37.3 Å². The Morgan fingerprint density at radius 3 is 2.94 bits per heavy atom. The van der Waals surface area contributed by atoms with Crippen LogP contribution in [0.25, 0.3) is 0 Å². The monoisotopic (exact) mass is 250 g/mol. The molecule has 0 radical (unpaired) electrons. The number of anilines is 1. The molecule has 1 aromatic heterocycles. The molecule has 1 N–H and O–H groups in total. The zero-order valence-corrected chi connectivity index (χ0v) is 12.1. The van der Waals surface area contributed by atoms with Crippen molar-refractivity contribution in [2.24, 2.45) is 13.0 Å². The number of nitrogens with one attached hydrogen (secondary N) is 1. The fourth-order valence-corrected chi connectivity index (χ4v) is 2.89. The van der Waals surface area contributed by atoms with Gasteiger partial charge in [0.15, 0.2) is 0 Å². The zero-order chi connectivity index (χ0) is 13.1. The van der Waals surface area contributed by atoms with Gasteiger partial charge in [-0.2, -0.15) is 5.10 Å². The summed E-state index contributed by atoms with van der Waals surface area (Å²) in [6, 6.07) is 0.516. The molecule has 0 saturated carbocycles. The molecule has 2 unspecified atom stereocenters. The van der Waals surface area contributed by atoms with E-state index in [0.29, 0.717) is 6.04 Å². The van der Waals surface area contributed by atoms with Gasteiger partial charge < -0.3 is 10.2 Å². The largest absolute Gasteiger partial charge is 0.379 e. The molecular weight excluding hydrogens is 224 g/mol. The van der Waals surface area contributed by atoms with Crippen molar-refractivity contribution in [1.82, 2.24) is 14.7 Å². The Hall–Kier alpha value is -1.03. The first-order chi connectivity index (χ1) is 8.60. The van der Waals surface area contributed by atoms with Crippen LogP contribution in [-0.4, -0.2) is 40.9 Å². The Kier molecular flexibility index (Phi) is 4.27. The Morgan fingerprint density at radius 1 is 1.50 bits per heavy atom. The fraction of sp³-hybridized carbons (Fsp3) is 0.786. The SMILES string of the molecule is CCc1nn(C)cc1NC(C)C1CCCN(C)C1. The Balaban J connectivity index is 1.99. The Bertz CT molecular complexity index is 385. The molecule has 18 heavy (non-hydrogen) atoms. The van der Waals surface area contributed by atoms with Gasteiger partial charge in [-0.15, -0.1) is 0 Å². The van der Waals surface area contributed by atoms with Gasteiger partial charge in [-0.1, -0.05) is 6.92 Å². The highest BCUT2D eigenvalue weighted by molar-refractivity contribution is 5.47. The molecule has 1 aliphatic heterocycles. The number of hydrogen-bond acceptors (Lipinski definition) is 3. The number of likely N-dealkylation sites (tertiary alicyclic amines) is 1. The average Bonchev–Trinajstić information content (AvgIpc) is 2.69. The molecule has 0 aliphatic carbocycles. The van der Waals surface area contributed by atoms with Crippen molar-refractivity contribution in [3.05, 3.63) is 11.9 Å². The van der Waals surface area contributed by atoms with E-state index >= 15 is 0 Å². The summed E-state index contributed by atoms with van der Waals surface area (Å²) in [6.45, 7) is 6.91. The molecule has 102 valence electrons. The molecular formula is C14H26N4. The van der Waals surface area contributed by atoms with Crippen molar-refractivity contribution in [2.45, 2.75) is 39.2 Å². The summed E-state index contributed by atoms with van der Waals surface area (Å²) in [4.78, 5) is 2.44. The van der Waals surface area contributed by atoms with Crippen LogP contribution in [0, 0.1) is 5.92 Å². The summed E-state index contributed by atoms with van der Waals surface area (Å²) < 4.78 is 1.90. The summed E-state index contributed by atoms with van der Waals surface area (Å²) in [5.74, 6) is 0.744. The molecule has 0 spiro atoms. The van der Waals surface area contributed by atoms with E-state index in [0.717, 1.165) is 12.3 Å². The zero-order valence-electron chi connectivity index (χ0n) is 12.1. The second-order valence-corrected chi connectivity index (χ2v) is 5.61. The summed E-state index contributed by atoms with van der Waals surface area (Å²) in [5, 5.41) is 8.15. The topological polar surface area (TPSA) is 33.1 Å². The first kappa shape index (κ1) is 13.4. The molecule has 1 aromatic rings. The normalized spacial score (nSPS) is 23.0. The third-order valence-corrected chi connectivity index (χ3v) is 3.99. The summed E-state index contributed by atoms with van der Waals surface area (Å²) in [6.07, 6.45) is 5.74. The predicted octanol–water partition coefficient (Wildman–Crippen LogP) is 2.12. The molecule has 4 heteroatoms. The molecule has 1 fully saturated rings. The minimum absolute atomic E-state index is 0.516. The lowest BCUT2D eigenvalue weighted by atomic mass is 9.92. The van der Waals surface area contributed by atoms with Gasteiger partial charge in [0.1, 0.15) is 0 Å². The second kappa shape index (κ2) is 5.74. The fourth-order valence-electron chi connectivity index (χ4n) is 2.89. The third kappa shape index (κ3) is 3.05. The highest BCUT2D eigenvalue weighted by Crippen LogP contribution is 2.23. The van der Waals surface area contributed by atoms with Crippen LogP contribution < -0.4 is 5.32 Å². The van der Waals surface area contributed by atoms with Crippen molar-refractivity contribution in [1.29, 1.82) is 0 Å². The van der Waals surface area contributed by atoms with E-state index in [1.807, 2.05) is 11.7 Å². The molecule has 1 aliphatic rings. The molecule has 1 saturated heterocycles. The first-order valence-electron chi connectivity index (χ1n) is 7.07. The van der Waals surface area contributed by atoms with Crippen LogP contribution >= 0.6 is 0 Å². The average molecular weight is 250 g/mol. The van der Waals surface area contributed by atoms with E-state index in [-0.39, 0.29) is 0 Å². The predicted molar refractivity (Wildman–Crippen MR) is 75.9 cm³/mol. The number of aromatic nitrogens is 2. The maximum atomic E-state index is 4.49. The molecule has 0 amide bonds. The lowest BCUT2D eigenvalue weighted by Gasteiger charge is -2.34. The van der Waals surface area contributed by atoms with Crippen molar-refractivity contribution in [3.8, 4) is 0 Å². The minimum atomic E-state index is 0.516. The van der Waals surface area contributed by atoms with E-state index in [9.17, 15) is 0 Å². The highest BCUT2D eigenvalue weighted by atomic mass is 15.3. The van der Waals surface area contributed by atoms with Crippen LogP contribution in [0.15, 0.2) is 6.20 Å². The van der Waals surface area contributed by atoms with Crippen molar-refractivity contribution >= 4 is 5.69 Å². The van der Waals surface area contributed by atoms with Crippen LogP contribution in [0.3, 0.4) is 0 Å². The molecule has 0 aromatic carbocycles. The number of piperidine rings is 1. The van der Waals surface area contributed by atoms with Crippen LogP contribution in [0.4, 0.5) is 5.69 Å². The lowest BCUT2D eigenvalue weighted by molar-refractivity contribution is 0.197. The van der Waals surface area contributed by atoms with E-state index < -0.39 is 0 Å². The molecule has 2 rings (SSSR count). The van der Waals surface area contributed by atoms with Gasteiger partial charge in [0, 0.05) is 25.8 Å². The molecule has 2 heterocycles. The standard InChI is InChI=1S/C14H26N4/c1-5-13-14(10-18(4)16-13)15-11(2)12-7-6-8-17(3)9-12/h10-12,15H,5-9H2,1-4H3. The molecule has 4 nitrogen and oxygen atoms in total. The number of aryl methyl sites for hydroxylation is 2. The molecule has 0 bridgehead atoms. The first-order valence-corrected chi connectivity index (χ1v) is 7.07. The van der Waals surface area contributed by atoms with Crippen LogP contribution in [-0.2, 0) is 13.5 Å². The lowest BCUT2D eigenvalue weighted by Crippen LogP contribution is -2.39. The summed E-state index contributed by atoms with van der Waals surface area (Å²) in [7, 11) is 4.21. The van der Waals surface area contributed by atoms with Gasteiger partial charge in [-0.05, 0) is 45.7 Å². The molecule has 2 atom stereocenters. The third-order valence-electron chi connectivity index (χ3n) is 3.99. The quantitative estimate of drug-likeness (QED) is 0.888. The van der Waals surface area contributed by atoms with E-state index in [1.54, 1.807) is 0 Å². The Labute approximate surface area is 110 Å². The summed E-state index contributed by atoms with van der Waals surface area (Å²) in [5.41, 5.74) is 2.38. The van der Waals surface area contributed by atoms with Crippen molar-refractivity contribution in [3.63, 3.8) is 0 Å². The van der Waals surface area contributed by atoms with Crippen LogP contribution in [0.1, 0.15) is 32.4 Å². The second-order valence-electron chi connectivity index (χ2n) is 5.61. The van der Waals surface area contributed by atoms with Gasteiger partial charge in [0.2, 0.25) is 0 Å². The Morgan fingerprint density at radius 2 is 2.28 bits per heavy atom. The van der Waals surface area contributed by atoms with E-state index in [2.05, 4.69) is 42.4 Å². The van der Waals surface area contributed by atoms with Gasteiger partial charge in [-0.3, -0.25) is 4.68 Å². The maximum Gasteiger partial charge on any atom is 0.0853 e. The van der Waals surface area contributed by atoms with E-state index in [4.69, 9.17) is 0 Å². The number of nitrogens with zero attached hydrogens (tertiary/aromatic N) is 3. The van der Waals surface area contributed by atoms with Gasteiger partial charge in [-0.25, -0.2) is 0 Å². The summed E-state index contributed by atoms with van der Waals surface area (Å²) >= 11 is 0. The van der Waals surface area contributed by atoms with Crippen LogP contribution in [0.2, 0.25) is 0 Å².